The van der Waals surface area contributed by atoms with E-state index in [2.05, 4.69) is 0 Å². The second kappa shape index (κ2) is 6.38. The van der Waals surface area contributed by atoms with Gasteiger partial charge >= 0.3 is 6.03 Å². The summed E-state index contributed by atoms with van der Waals surface area (Å²) in [5.74, 6) is -0.521. The van der Waals surface area contributed by atoms with E-state index in [4.69, 9.17) is 5.73 Å². The second-order valence-corrected chi connectivity index (χ2v) is 4.27. The van der Waals surface area contributed by atoms with Crippen molar-refractivity contribution in [1.29, 1.82) is 0 Å². The van der Waals surface area contributed by atoms with Gasteiger partial charge in [-0.25, -0.2) is 9.69 Å². The van der Waals surface area contributed by atoms with Crippen LogP contribution in [0.5, 0.6) is 5.75 Å². The standard InChI is InChI=1S/C16H14N2O3/c17-16(21)18(13-7-9-14(19)10-8-13)15(20)11-6-12-4-2-1-3-5-12/h1-11,19H,(H2,17,21)/b11-6+. The summed E-state index contributed by atoms with van der Waals surface area (Å²) in [6.07, 6.45) is 2.87. The van der Waals surface area contributed by atoms with Crippen molar-refractivity contribution in [2.45, 2.75) is 0 Å². The van der Waals surface area contributed by atoms with Gasteiger partial charge in [-0.3, -0.25) is 4.79 Å². The SMILES string of the molecule is NC(=O)N(C(=O)/C=C/c1ccccc1)c1ccc(O)cc1. The summed E-state index contributed by atoms with van der Waals surface area (Å²) in [6, 6.07) is 14.0. The zero-order chi connectivity index (χ0) is 15.2. The molecule has 0 aromatic heterocycles. The van der Waals surface area contributed by atoms with Crippen LogP contribution in [0.4, 0.5) is 10.5 Å². The minimum atomic E-state index is -0.886. The van der Waals surface area contributed by atoms with Gasteiger partial charge in [0, 0.05) is 6.08 Å². The number of carbonyl (C=O) groups is 2. The van der Waals surface area contributed by atoms with Gasteiger partial charge in [0.25, 0.3) is 5.91 Å². The van der Waals surface area contributed by atoms with Crippen LogP contribution in [-0.4, -0.2) is 17.0 Å². The van der Waals surface area contributed by atoms with E-state index in [1.54, 1.807) is 6.08 Å². The molecular formula is C16H14N2O3. The smallest absolute Gasteiger partial charge is 0.326 e. The maximum atomic E-state index is 12.1. The van der Waals surface area contributed by atoms with Crippen LogP contribution >= 0.6 is 0 Å². The van der Waals surface area contributed by atoms with Crippen LogP contribution in [0, 0.1) is 0 Å². The highest BCUT2D eigenvalue weighted by Crippen LogP contribution is 2.19. The van der Waals surface area contributed by atoms with E-state index in [1.807, 2.05) is 30.3 Å². The highest BCUT2D eigenvalue weighted by atomic mass is 16.3. The Balaban J connectivity index is 2.22. The zero-order valence-corrected chi connectivity index (χ0v) is 11.1. The Morgan fingerprint density at radius 3 is 2.19 bits per heavy atom. The molecule has 0 atom stereocenters. The number of amides is 3. The van der Waals surface area contributed by atoms with Gasteiger partial charge in [0.1, 0.15) is 5.75 Å². The summed E-state index contributed by atoms with van der Waals surface area (Å²) in [6.45, 7) is 0. The highest BCUT2D eigenvalue weighted by molar-refractivity contribution is 6.18. The van der Waals surface area contributed by atoms with Crippen molar-refractivity contribution in [2.24, 2.45) is 5.73 Å². The molecular weight excluding hydrogens is 268 g/mol. The summed E-state index contributed by atoms with van der Waals surface area (Å²) >= 11 is 0. The Morgan fingerprint density at radius 2 is 1.62 bits per heavy atom. The van der Waals surface area contributed by atoms with Crippen LogP contribution in [0.1, 0.15) is 5.56 Å². The number of phenols is 1. The van der Waals surface area contributed by atoms with E-state index in [1.165, 1.54) is 30.3 Å². The summed E-state index contributed by atoms with van der Waals surface area (Å²) in [7, 11) is 0. The minimum absolute atomic E-state index is 0.0375. The Labute approximate surface area is 121 Å². The third kappa shape index (κ3) is 3.70. The Hall–Kier alpha value is -3.08. The zero-order valence-electron chi connectivity index (χ0n) is 11.1. The van der Waals surface area contributed by atoms with Crippen molar-refractivity contribution < 1.29 is 14.7 Å². The quantitative estimate of drug-likeness (QED) is 0.848. The number of rotatable bonds is 3. The predicted molar refractivity (Wildman–Crippen MR) is 80.7 cm³/mol. The number of benzene rings is 2. The molecule has 0 saturated carbocycles. The van der Waals surface area contributed by atoms with Crippen LogP contribution < -0.4 is 10.6 Å². The van der Waals surface area contributed by atoms with E-state index >= 15 is 0 Å². The number of hydrogen-bond acceptors (Lipinski definition) is 3. The molecule has 106 valence electrons. The van der Waals surface area contributed by atoms with Crippen molar-refractivity contribution in [3.8, 4) is 5.75 Å². The van der Waals surface area contributed by atoms with Crippen LogP contribution in [0.3, 0.4) is 0 Å². The first-order chi connectivity index (χ1) is 10.1. The van der Waals surface area contributed by atoms with E-state index in [0.717, 1.165) is 10.5 Å². The van der Waals surface area contributed by atoms with Crippen LogP contribution in [0.25, 0.3) is 6.08 Å². The number of anilines is 1. The van der Waals surface area contributed by atoms with E-state index in [0.29, 0.717) is 5.69 Å². The molecule has 0 bridgehead atoms. The van der Waals surface area contributed by atoms with Gasteiger partial charge in [0.2, 0.25) is 0 Å². The molecule has 5 nitrogen and oxygen atoms in total. The van der Waals surface area contributed by atoms with Crippen molar-refractivity contribution in [1.82, 2.24) is 0 Å². The Kier molecular flexibility index (Phi) is 4.36. The molecule has 0 aliphatic rings. The largest absolute Gasteiger partial charge is 0.508 e. The van der Waals surface area contributed by atoms with Crippen molar-refractivity contribution in [2.75, 3.05) is 4.90 Å². The molecule has 0 aliphatic heterocycles. The molecule has 2 aromatic carbocycles. The lowest BCUT2D eigenvalue weighted by Gasteiger charge is -2.16. The molecule has 21 heavy (non-hydrogen) atoms. The molecule has 5 heteroatoms. The molecule has 0 spiro atoms. The highest BCUT2D eigenvalue weighted by Gasteiger charge is 2.18. The van der Waals surface area contributed by atoms with Gasteiger partial charge in [0.15, 0.2) is 0 Å². The van der Waals surface area contributed by atoms with Gasteiger partial charge in [-0.2, -0.15) is 0 Å². The summed E-state index contributed by atoms with van der Waals surface area (Å²) < 4.78 is 0. The molecule has 3 N–H and O–H groups in total. The molecule has 0 aliphatic carbocycles. The number of carbonyl (C=O) groups excluding carboxylic acids is 2. The first-order valence-corrected chi connectivity index (χ1v) is 6.23. The molecule has 2 rings (SSSR count). The average molecular weight is 282 g/mol. The van der Waals surface area contributed by atoms with Gasteiger partial charge in [-0.15, -0.1) is 0 Å². The Morgan fingerprint density at radius 1 is 1.00 bits per heavy atom. The second-order valence-electron chi connectivity index (χ2n) is 4.27. The van der Waals surface area contributed by atoms with Crippen molar-refractivity contribution in [3.05, 3.63) is 66.2 Å². The third-order valence-corrected chi connectivity index (χ3v) is 2.77. The van der Waals surface area contributed by atoms with E-state index in [9.17, 15) is 14.7 Å². The summed E-state index contributed by atoms with van der Waals surface area (Å²) in [5, 5.41) is 9.23. The average Bonchev–Trinajstić information content (AvgIpc) is 2.48. The van der Waals surface area contributed by atoms with Crippen LogP contribution in [-0.2, 0) is 4.79 Å². The number of nitrogens with zero attached hydrogens (tertiary/aromatic N) is 1. The third-order valence-electron chi connectivity index (χ3n) is 2.77. The number of primary amides is 1. The molecule has 0 saturated heterocycles. The molecule has 0 fully saturated rings. The maximum Gasteiger partial charge on any atom is 0.326 e. The molecule has 3 amide bonds. The van der Waals surface area contributed by atoms with Gasteiger partial charge in [-0.05, 0) is 35.9 Å². The molecule has 0 radical (unpaired) electrons. The number of nitrogens with two attached hydrogens (primary N) is 1. The minimum Gasteiger partial charge on any atom is -0.508 e. The maximum absolute atomic E-state index is 12.1. The lowest BCUT2D eigenvalue weighted by atomic mass is 10.2. The van der Waals surface area contributed by atoms with Crippen LogP contribution in [0.2, 0.25) is 0 Å². The number of aromatic hydroxyl groups is 1. The number of imide groups is 1. The lowest BCUT2D eigenvalue weighted by Crippen LogP contribution is -2.39. The number of urea groups is 1. The molecule has 0 heterocycles. The summed E-state index contributed by atoms with van der Waals surface area (Å²) in [5.41, 5.74) is 6.38. The van der Waals surface area contributed by atoms with E-state index in [-0.39, 0.29) is 5.75 Å². The summed E-state index contributed by atoms with van der Waals surface area (Å²) in [4.78, 5) is 24.4. The topological polar surface area (TPSA) is 83.6 Å². The first-order valence-electron chi connectivity index (χ1n) is 6.23. The molecule has 2 aromatic rings. The Bertz CT molecular complexity index is 664. The van der Waals surface area contributed by atoms with Crippen LogP contribution in [0.15, 0.2) is 60.7 Å². The lowest BCUT2D eigenvalue weighted by molar-refractivity contribution is -0.113. The fraction of sp³-hybridized carbons (Fsp3) is 0. The monoisotopic (exact) mass is 282 g/mol. The normalized spacial score (nSPS) is 10.5. The van der Waals surface area contributed by atoms with Gasteiger partial charge in [-0.1, -0.05) is 30.3 Å². The first kappa shape index (κ1) is 14.3. The molecule has 0 unspecified atom stereocenters. The van der Waals surface area contributed by atoms with Gasteiger partial charge in [0.05, 0.1) is 5.69 Å². The van der Waals surface area contributed by atoms with Gasteiger partial charge < -0.3 is 10.8 Å². The predicted octanol–water partition coefficient (Wildman–Crippen LogP) is 2.52. The van der Waals surface area contributed by atoms with Crippen molar-refractivity contribution in [3.63, 3.8) is 0 Å². The number of phenolic OH excluding ortho intramolecular Hbond substituents is 1. The fourth-order valence-electron chi connectivity index (χ4n) is 1.77. The number of hydrogen-bond donors (Lipinski definition) is 2. The van der Waals surface area contributed by atoms with E-state index < -0.39 is 11.9 Å². The fourth-order valence-corrected chi connectivity index (χ4v) is 1.77. The van der Waals surface area contributed by atoms with Crippen molar-refractivity contribution >= 4 is 23.7 Å².